The van der Waals surface area contributed by atoms with Gasteiger partial charge in [-0.15, -0.1) is 0 Å². The maximum atomic E-state index is 13.2. The zero-order chi connectivity index (χ0) is 56.8. The predicted molar refractivity (Wildman–Crippen MR) is 325 cm³/mol. The molecule has 1 fully saturated rings. The van der Waals surface area contributed by atoms with Gasteiger partial charge in [-0.25, -0.2) is 0 Å². The fraction of sp³-hybridized carbons (Fsp3) is 0.896. The van der Waals surface area contributed by atoms with Gasteiger partial charge in [0.25, 0.3) is 0 Å². The summed E-state index contributed by atoms with van der Waals surface area (Å²) in [6, 6.07) is -1.19. The van der Waals surface area contributed by atoms with Crippen LogP contribution in [0.3, 0.4) is 0 Å². The smallest absolute Gasteiger partial charge is 0.249 e. The van der Waals surface area contributed by atoms with E-state index in [1.165, 1.54) is 225 Å². The van der Waals surface area contributed by atoms with Crippen molar-refractivity contribution in [1.29, 1.82) is 0 Å². The lowest BCUT2D eigenvalue weighted by Gasteiger charge is -2.40. The van der Waals surface area contributed by atoms with Crippen molar-refractivity contribution in [3.8, 4) is 0 Å². The van der Waals surface area contributed by atoms with Crippen LogP contribution in [0, 0.1) is 0 Å². The molecule has 8 N–H and O–H groups in total. The summed E-state index contributed by atoms with van der Waals surface area (Å²) < 4.78 is 11.2. The maximum Gasteiger partial charge on any atom is 0.249 e. The highest BCUT2D eigenvalue weighted by Crippen LogP contribution is 2.24. The molecule has 1 aliphatic heterocycles. The summed E-state index contributed by atoms with van der Waals surface area (Å²) in [4.78, 5) is 13.2. The molecule has 11 heteroatoms. The minimum atomic E-state index is -1.67. The summed E-state index contributed by atoms with van der Waals surface area (Å²) in [5.74, 6) is -0.707. The average Bonchev–Trinajstić information content (AvgIpc) is 3.46. The minimum absolute atomic E-state index is 0.243. The summed E-state index contributed by atoms with van der Waals surface area (Å²) >= 11 is 0. The molecule has 0 bridgehead atoms. The largest absolute Gasteiger partial charge is 0.394 e. The van der Waals surface area contributed by atoms with E-state index in [4.69, 9.17) is 9.47 Å². The molecule has 11 nitrogen and oxygen atoms in total. The van der Waals surface area contributed by atoms with Crippen molar-refractivity contribution in [3.63, 3.8) is 0 Å². The highest BCUT2D eigenvalue weighted by molar-refractivity contribution is 5.80. The Morgan fingerprint density at radius 2 is 0.769 bits per heavy atom. The predicted octanol–water partition coefficient (Wildman–Crippen LogP) is 15.4. The van der Waals surface area contributed by atoms with Crippen molar-refractivity contribution in [2.75, 3.05) is 13.2 Å². The Bertz CT molecular complexity index is 1360. The van der Waals surface area contributed by atoms with E-state index in [0.29, 0.717) is 19.3 Å². The normalized spacial score (nSPS) is 19.6. The van der Waals surface area contributed by atoms with Gasteiger partial charge >= 0.3 is 0 Å². The molecule has 1 amide bonds. The van der Waals surface area contributed by atoms with Crippen molar-refractivity contribution in [1.82, 2.24) is 5.32 Å². The molecule has 0 aromatic heterocycles. The number of unbranched alkanes of at least 4 members (excludes halogenated alkanes) is 40. The van der Waals surface area contributed by atoms with Gasteiger partial charge in [0.2, 0.25) is 5.91 Å². The molecular weight excluding hydrogens is 979 g/mol. The fourth-order valence-electron chi connectivity index (χ4n) is 10.8. The number of ether oxygens (including phenoxy) is 2. The molecule has 1 rings (SSSR count). The Labute approximate surface area is 479 Å². The summed E-state index contributed by atoms with van der Waals surface area (Å²) in [5.41, 5.74) is 0. The summed E-state index contributed by atoms with van der Waals surface area (Å²) in [5, 5.41) is 76.3. The van der Waals surface area contributed by atoms with Crippen LogP contribution in [0.15, 0.2) is 36.5 Å². The van der Waals surface area contributed by atoms with Crippen LogP contribution in [0.25, 0.3) is 0 Å². The number of hydrogen-bond donors (Lipinski definition) is 8. The van der Waals surface area contributed by atoms with Gasteiger partial charge in [0.15, 0.2) is 6.29 Å². The van der Waals surface area contributed by atoms with Crippen molar-refractivity contribution in [2.24, 2.45) is 0 Å². The van der Waals surface area contributed by atoms with Gasteiger partial charge < -0.3 is 50.5 Å². The second kappa shape index (κ2) is 55.8. The number of aliphatic hydroxyl groups excluding tert-OH is 7. The fourth-order valence-corrected chi connectivity index (χ4v) is 10.8. The first-order chi connectivity index (χ1) is 38.2. The lowest BCUT2D eigenvalue weighted by Crippen LogP contribution is -2.60. The Balaban J connectivity index is 2.21. The van der Waals surface area contributed by atoms with E-state index < -0.39 is 74.2 Å². The second-order valence-corrected chi connectivity index (χ2v) is 23.5. The minimum Gasteiger partial charge on any atom is -0.394 e. The van der Waals surface area contributed by atoms with E-state index in [0.717, 1.165) is 44.9 Å². The molecule has 9 atom stereocenters. The molecule has 460 valence electrons. The van der Waals surface area contributed by atoms with Gasteiger partial charge in [-0.05, 0) is 64.2 Å². The van der Waals surface area contributed by atoms with Crippen LogP contribution in [0.5, 0.6) is 0 Å². The van der Waals surface area contributed by atoms with E-state index in [9.17, 15) is 40.5 Å². The third-order valence-electron chi connectivity index (χ3n) is 16.2. The highest BCUT2D eigenvalue weighted by Gasteiger charge is 2.44. The topological polar surface area (TPSA) is 189 Å². The lowest BCUT2D eigenvalue weighted by atomic mass is 9.98. The lowest BCUT2D eigenvalue weighted by molar-refractivity contribution is -0.303. The van der Waals surface area contributed by atoms with Crippen molar-refractivity contribution in [3.05, 3.63) is 36.5 Å². The van der Waals surface area contributed by atoms with Gasteiger partial charge in [0.1, 0.15) is 36.6 Å². The van der Waals surface area contributed by atoms with E-state index in [1.54, 1.807) is 0 Å². The van der Waals surface area contributed by atoms with E-state index in [2.05, 4.69) is 55.6 Å². The standard InChI is InChI=1S/C67H127NO10/c1-3-5-7-9-11-13-15-17-19-21-23-24-25-26-27-28-29-30-31-32-33-34-35-37-39-41-43-45-47-49-51-53-55-60(71)66(76)68-58(57-77-67-65(75)64(74)63(73)61(56-69)78-67)62(72)59(70)54-52-50-48-46-44-42-40-38-36-22-20-18-16-14-12-10-8-6-4-2/h18,20,38,40,46,48,58-65,67,69-75H,3-17,19,21-37,39,41-45,47,49-57H2,1-2H3,(H,68,76)/b20-18+,40-38+,48-46+. The molecule has 78 heavy (non-hydrogen) atoms. The van der Waals surface area contributed by atoms with Gasteiger partial charge in [-0.1, -0.05) is 288 Å². The number of amides is 1. The Morgan fingerprint density at radius 1 is 0.436 bits per heavy atom. The highest BCUT2D eigenvalue weighted by atomic mass is 16.7. The van der Waals surface area contributed by atoms with Crippen LogP contribution in [0.1, 0.15) is 316 Å². The summed E-state index contributed by atoms with van der Waals surface area (Å²) in [6.45, 7) is 3.46. The molecule has 0 aromatic rings. The van der Waals surface area contributed by atoms with Crippen LogP contribution in [0.4, 0.5) is 0 Å². The zero-order valence-electron chi connectivity index (χ0n) is 50.7. The monoisotopic (exact) mass is 1110 g/mol. The van der Waals surface area contributed by atoms with Crippen molar-refractivity contribution < 1.29 is 50.0 Å². The SMILES string of the molecule is CCCCCCCC/C=C/CC/C=C/CC/C=C/CCCC(O)C(O)C(COC1OC(CO)C(O)C(O)C1O)NC(=O)C(O)CCCCCCCCCCCCCCCCCCCCCCCCCCCCCCCCCC. The van der Waals surface area contributed by atoms with Crippen LogP contribution in [0.2, 0.25) is 0 Å². The zero-order valence-corrected chi connectivity index (χ0v) is 50.7. The van der Waals surface area contributed by atoms with E-state index >= 15 is 0 Å². The van der Waals surface area contributed by atoms with Crippen LogP contribution >= 0.6 is 0 Å². The van der Waals surface area contributed by atoms with Gasteiger partial charge in [0.05, 0.1) is 25.4 Å². The van der Waals surface area contributed by atoms with Gasteiger partial charge in [-0.3, -0.25) is 4.79 Å². The number of nitrogens with one attached hydrogen (secondary N) is 1. The maximum absolute atomic E-state index is 13.2. The van der Waals surface area contributed by atoms with Crippen LogP contribution in [-0.2, 0) is 14.3 Å². The number of carbonyl (C=O) groups is 1. The van der Waals surface area contributed by atoms with Gasteiger partial charge in [-0.2, -0.15) is 0 Å². The van der Waals surface area contributed by atoms with Crippen molar-refractivity contribution in [2.45, 2.75) is 371 Å². The molecule has 1 heterocycles. The summed E-state index contributed by atoms with van der Waals surface area (Å²) in [6.07, 6.45) is 59.4. The third kappa shape index (κ3) is 43.1. The van der Waals surface area contributed by atoms with Gasteiger partial charge in [0, 0.05) is 0 Å². The first kappa shape index (κ1) is 74.3. The third-order valence-corrected chi connectivity index (χ3v) is 16.2. The summed E-state index contributed by atoms with van der Waals surface area (Å²) in [7, 11) is 0. The Morgan fingerprint density at radius 3 is 1.14 bits per heavy atom. The van der Waals surface area contributed by atoms with Crippen molar-refractivity contribution >= 4 is 5.91 Å². The Hall–Kier alpha value is -1.67. The second-order valence-electron chi connectivity index (χ2n) is 23.5. The molecule has 1 aliphatic rings. The number of allylic oxidation sites excluding steroid dienone is 6. The number of rotatable bonds is 58. The average molecular weight is 1110 g/mol. The van der Waals surface area contributed by atoms with Crippen LogP contribution in [-0.4, -0.2) is 110 Å². The molecule has 0 aromatic carbocycles. The van der Waals surface area contributed by atoms with E-state index in [1.807, 2.05) is 0 Å². The van der Waals surface area contributed by atoms with Crippen LogP contribution < -0.4 is 5.32 Å². The number of hydrogen-bond acceptors (Lipinski definition) is 10. The quantitative estimate of drug-likeness (QED) is 0.0215. The first-order valence-corrected chi connectivity index (χ1v) is 33.4. The molecule has 0 aliphatic carbocycles. The molecule has 0 saturated carbocycles. The first-order valence-electron chi connectivity index (χ1n) is 33.4. The number of aliphatic hydroxyl groups is 7. The number of carbonyl (C=O) groups excluding carboxylic acids is 1. The van der Waals surface area contributed by atoms with E-state index in [-0.39, 0.29) is 12.8 Å². The Kier molecular flexibility index (Phi) is 53.2. The molecular formula is C67H127NO10. The molecule has 9 unspecified atom stereocenters. The molecule has 0 spiro atoms. The molecule has 1 saturated heterocycles. The molecule has 0 radical (unpaired) electrons.